The van der Waals surface area contributed by atoms with Gasteiger partial charge >= 0.3 is 0 Å². The van der Waals surface area contributed by atoms with Gasteiger partial charge in [-0.2, -0.15) is 0 Å². The van der Waals surface area contributed by atoms with E-state index < -0.39 is 5.79 Å². The zero-order valence-corrected chi connectivity index (χ0v) is 14.0. The summed E-state index contributed by atoms with van der Waals surface area (Å²) in [6, 6.07) is 6.41. The summed E-state index contributed by atoms with van der Waals surface area (Å²) in [6.45, 7) is 3.74. The Labute approximate surface area is 144 Å². The Kier molecular flexibility index (Phi) is 3.30. The fourth-order valence-electron chi connectivity index (χ4n) is 3.74. The van der Waals surface area contributed by atoms with E-state index in [2.05, 4.69) is 0 Å². The number of hydrogen-bond donors (Lipinski definition) is 4. The molecule has 0 saturated heterocycles. The lowest BCUT2D eigenvalue weighted by Gasteiger charge is -2.36. The van der Waals surface area contributed by atoms with Gasteiger partial charge in [0.05, 0.1) is 12.0 Å². The van der Waals surface area contributed by atoms with Crippen molar-refractivity contribution in [3.63, 3.8) is 0 Å². The van der Waals surface area contributed by atoms with Crippen molar-refractivity contribution in [2.24, 2.45) is 0 Å². The summed E-state index contributed by atoms with van der Waals surface area (Å²) in [5.74, 6) is -2.07. The molecule has 4 rings (SSSR count). The van der Waals surface area contributed by atoms with Gasteiger partial charge in [0.25, 0.3) is 0 Å². The van der Waals surface area contributed by atoms with Crippen LogP contribution in [0.3, 0.4) is 0 Å². The third kappa shape index (κ3) is 2.36. The average molecular weight is 344 g/mol. The number of aromatic hydroxyl groups is 3. The predicted molar refractivity (Wildman–Crippen MR) is 89.4 cm³/mol. The first-order valence-corrected chi connectivity index (χ1v) is 8.26. The first-order valence-electron chi connectivity index (χ1n) is 8.26. The molecule has 0 fully saturated rings. The summed E-state index contributed by atoms with van der Waals surface area (Å²) in [4.78, 5) is 0. The van der Waals surface area contributed by atoms with Crippen LogP contribution in [0, 0.1) is 0 Å². The van der Waals surface area contributed by atoms with Crippen LogP contribution in [0.15, 0.2) is 24.3 Å². The lowest BCUT2D eigenvalue weighted by molar-refractivity contribution is -0.156. The van der Waals surface area contributed by atoms with E-state index in [0.29, 0.717) is 17.7 Å². The Morgan fingerprint density at radius 1 is 1.12 bits per heavy atom. The second kappa shape index (κ2) is 5.20. The zero-order chi connectivity index (χ0) is 17.9. The quantitative estimate of drug-likeness (QED) is 0.625. The van der Waals surface area contributed by atoms with Crippen molar-refractivity contribution in [2.45, 2.75) is 44.5 Å². The van der Waals surface area contributed by atoms with Crippen LogP contribution in [0.2, 0.25) is 0 Å². The Bertz CT molecular complexity index is 859. The van der Waals surface area contributed by atoms with Gasteiger partial charge in [0, 0.05) is 6.42 Å². The van der Waals surface area contributed by atoms with Crippen molar-refractivity contribution in [2.75, 3.05) is 0 Å². The molecule has 0 aromatic heterocycles. The van der Waals surface area contributed by atoms with Gasteiger partial charge in [-0.15, -0.1) is 0 Å². The molecule has 0 spiro atoms. The highest BCUT2D eigenvalue weighted by Gasteiger charge is 2.51. The lowest BCUT2D eigenvalue weighted by Crippen LogP contribution is -2.44. The number of ether oxygens (including phenoxy) is 2. The minimum absolute atomic E-state index is 0.0241. The maximum Gasteiger partial charge on any atom is 0.219 e. The van der Waals surface area contributed by atoms with E-state index in [-0.39, 0.29) is 41.4 Å². The first-order chi connectivity index (χ1) is 11.8. The highest BCUT2D eigenvalue weighted by atomic mass is 16.6. The van der Waals surface area contributed by atoms with E-state index >= 15 is 0 Å². The third-order valence-corrected chi connectivity index (χ3v) is 4.84. The highest BCUT2D eigenvalue weighted by Crippen LogP contribution is 2.54. The fraction of sp³-hybridized carbons (Fsp3) is 0.368. The monoisotopic (exact) mass is 344 g/mol. The zero-order valence-electron chi connectivity index (χ0n) is 14.0. The minimum atomic E-state index is -1.54. The van der Waals surface area contributed by atoms with Crippen molar-refractivity contribution in [3.8, 4) is 28.7 Å². The topological polar surface area (TPSA) is 99.4 Å². The van der Waals surface area contributed by atoms with E-state index in [9.17, 15) is 20.4 Å². The third-order valence-electron chi connectivity index (χ3n) is 4.84. The Balaban J connectivity index is 1.77. The van der Waals surface area contributed by atoms with E-state index in [1.807, 2.05) is 13.8 Å². The molecule has 2 unspecified atom stereocenters. The van der Waals surface area contributed by atoms with Crippen LogP contribution < -0.4 is 9.47 Å². The van der Waals surface area contributed by atoms with Crippen molar-refractivity contribution in [1.29, 1.82) is 0 Å². The van der Waals surface area contributed by atoms with Crippen molar-refractivity contribution in [1.82, 2.24) is 0 Å². The van der Waals surface area contributed by atoms with Crippen LogP contribution in [-0.4, -0.2) is 32.3 Å². The van der Waals surface area contributed by atoms with E-state index in [0.717, 1.165) is 11.1 Å². The molecule has 1 aliphatic heterocycles. The normalized spacial score (nSPS) is 23.6. The summed E-state index contributed by atoms with van der Waals surface area (Å²) in [7, 11) is 0. The van der Waals surface area contributed by atoms with Gasteiger partial charge in [-0.1, -0.05) is 6.07 Å². The van der Waals surface area contributed by atoms with Gasteiger partial charge in [0.2, 0.25) is 11.5 Å². The molecule has 1 heterocycles. The average Bonchev–Trinajstić information content (AvgIpc) is 2.80. The van der Waals surface area contributed by atoms with E-state index in [1.165, 1.54) is 6.07 Å². The summed E-state index contributed by atoms with van der Waals surface area (Å²) in [6.07, 6.45) is 0.545. The number of aliphatic hydroxyl groups is 1. The number of fused-ring (bicyclic) bond motifs is 4. The van der Waals surface area contributed by atoms with Crippen LogP contribution in [0.5, 0.6) is 28.7 Å². The largest absolute Gasteiger partial charge is 0.504 e. The molecule has 0 bridgehead atoms. The molecule has 0 saturated carbocycles. The second-order valence-electron chi connectivity index (χ2n) is 6.99. The molecule has 132 valence electrons. The molecule has 2 aromatic rings. The van der Waals surface area contributed by atoms with E-state index in [4.69, 9.17) is 9.47 Å². The van der Waals surface area contributed by atoms with Gasteiger partial charge in [-0.25, -0.2) is 0 Å². The first kappa shape index (κ1) is 15.9. The fourth-order valence-corrected chi connectivity index (χ4v) is 3.74. The molecule has 2 aromatic carbocycles. The van der Waals surface area contributed by atoms with Crippen LogP contribution in [0.25, 0.3) is 0 Å². The smallest absolute Gasteiger partial charge is 0.219 e. The van der Waals surface area contributed by atoms with Crippen molar-refractivity contribution < 1.29 is 29.9 Å². The Morgan fingerprint density at radius 2 is 1.88 bits per heavy atom. The van der Waals surface area contributed by atoms with Crippen molar-refractivity contribution in [3.05, 3.63) is 41.0 Å². The molecule has 1 aliphatic carbocycles. The molecule has 0 amide bonds. The maximum absolute atomic E-state index is 11.0. The van der Waals surface area contributed by atoms with Crippen LogP contribution in [0.1, 0.15) is 36.5 Å². The second-order valence-corrected chi connectivity index (χ2v) is 6.99. The van der Waals surface area contributed by atoms with Gasteiger partial charge < -0.3 is 29.9 Å². The van der Waals surface area contributed by atoms with Gasteiger partial charge in [0.1, 0.15) is 0 Å². The molecule has 2 aliphatic rings. The highest BCUT2D eigenvalue weighted by molar-refractivity contribution is 5.59. The molecule has 4 N–H and O–H groups in total. The number of hydrogen-bond acceptors (Lipinski definition) is 6. The molecule has 2 atom stereocenters. The minimum Gasteiger partial charge on any atom is -0.504 e. The van der Waals surface area contributed by atoms with Gasteiger partial charge in [0.15, 0.2) is 23.0 Å². The summed E-state index contributed by atoms with van der Waals surface area (Å²) < 4.78 is 11.3. The number of rotatable bonds is 2. The standard InChI is InChI=1S/C19H20O6/c1-9(2)24-16-6-11-8-19(23)13(12(11)7-15(16)21)5-10-3-4-14(20)17(22)18(10)25-19/h3-4,6-7,9,13,20-23H,5,8H2,1-2H3. The Hall–Kier alpha value is -2.60. The van der Waals surface area contributed by atoms with Crippen LogP contribution in [-0.2, 0) is 12.8 Å². The Morgan fingerprint density at radius 3 is 2.60 bits per heavy atom. The summed E-state index contributed by atoms with van der Waals surface area (Å²) >= 11 is 0. The molecule has 6 heteroatoms. The summed E-state index contributed by atoms with van der Waals surface area (Å²) in [5.41, 5.74) is 2.33. The number of phenolic OH excluding ortho intramolecular Hbond substituents is 3. The molecular formula is C19H20O6. The summed E-state index contributed by atoms with van der Waals surface area (Å²) in [5, 5.41) is 41.0. The molecule has 0 radical (unpaired) electrons. The molecule has 25 heavy (non-hydrogen) atoms. The van der Waals surface area contributed by atoms with E-state index in [1.54, 1.807) is 18.2 Å². The number of phenols is 3. The maximum atomic E-state index is 11.0. The predicted octanol–water partition coefficient (Wildman–Crippen LogP) is 2.55. The van der Waals surface area contributed by atoms with Crippen molar-refractivity contribution >= 4 is 0 Å². The SMILES string of the molecule is CC(C)Oc1cc2c(cc1O)C1Cc3ccc(O)c(O)c3OC1(O)C2. The number of benzene rings is 2. The molecule has 6 nitrogen and oxygen atoms in total. The van der Waals surface area contributed by atoms with Gasteiger partial charge in [-0.05, 0) is 55.2 Å². The van der Waals surface area contributed by atoms with Crippen LogP contribution >= 0.6 is 0 Å². The lowest BCUT2D eigenvalue weighted by atomic mass is 9.87. The van der Waals surface area contributed by atoms with Crippen LogP contribution in [0.4, 0.5) is 0 Å². The van der Waals surface area contributed by atoms with Gasteiger partial charge in [-0.3, -0.25) is 0 Å². The molecular weight excluding hydrogens is 324 g/mol.